The van der Waals surface area contributed by atoms with Crippen LogP contribution in [0.4, 0.5) is 0 Å². The highest BCUT2D eigenvalue weighted by Gasteiger charge is 2.22. The van der Waals surface area contributed by atoms with E-state index < -0.39 is 16.1 Å². The minimum Gasteiger partial charge on any atom is -0.454 e. The first-order valence-electron chi connectivity index (χ1n) is 6.94. The van der Waals surface area contributed by atoms with E-state index in [0.29, 0.717) is 18.0 Å². The van der Waals surface area contributed by atoms with Gasteiger partial charge in [0.15, 0.2) is 11.5 Å². The molecule has 8 heteroatoms. The summed E-state index contributed by atoms with van der Waals surface area (Å²) in [6.07, 6.45) is 2.85. The number of benzene rings is 1. The highest BCUT2D eigenvalue weighted by Crippen LogP contribution is 2.34. The molecule has 1 aromatic carbocycles. The van der Waals surface area contributed by atoms with Crippen molar-refractivity contribution in [2.75, 3.05) is 6.79 Å². The van der Waals surface area contributed by atoms with E-state index in [1.54, 1.807) is 23.7 Å². The van der Waals surface area contributed by atoms with E-state index in [1.165, 1.54) is 12.4 Å². The van der Waals surface area contributed by atoms with Gasteiger partial charge in [-0.2, -0.15) is 5.10 Å². The van der Waals surface area contributed by atoms with Gasteiger partial charge in [0, 0.05) is 18.8 Å². The van der Waals surface area contributed by atoms with Crippen molar-refractivity contribution < 1.29 is 17.9 Å². The molecule has 7 nitrogen and oxygen atoms in total. The summed E-state index contributed by atoms with van der Waals surface area (Å²) in [4.78, 5) is 0.155. The van der Waals surface area contributed by atoms with Gasteiger partial charge in [-0.1, -0.05) is 6.07 Å². The van der Waals surface area contributed by atoms with Crippen molar-refractivity contribution in [2.45, 2.75) is 31.3 Å². The first kappa shape index (κ1) is 14.9. The molecule has 118 valence electrons. The third-order valence-electron chi connectivity index (χ3n) is 3.47. The Hall–Kier alpha value is -2.06. The van der Waals surface area contributed by atoms with Crippen LogP contribution in [0.25, 0.3) is 0 Å². The van der Waals surface area contributed by atoms with Crippen molar-refractivity contribution in [3.8, 4) is 11.5 Å². The van der Waals surface area contributed by atoms with Crippen LogP contribution in [0.2, 0.25) is 0 Å². The van der Waals surface area contributed by atoms with Crippen molar-refractivity contribution in [1.29, 1.82) is 0 Å². The maximum atomic E-state index is 12.4. The number of nitrogens with zero attached hydrogens (tertiary/aromatic N) is 2. The van der Waals surface area contributed by atoms with Gasteiger partial charge in [0.05, 0.1) is 6.20 Å². The Balaban J connectivity index is 1.79. The summed E-state index contributed by atoms with van der Waals surface area (Å²) in [6, 6.07) is 4.98. The number of fused-ring (bicyclic) bond motifs is 1. The Bertz CT molecular complexity index is 785. The summed E-state index contributed by atoms with van der Waals surface area (Å²) < 4.78 is 39.5. The Kier molecular flexibility index (Phi) is 3.79. The average Bonchev–Trinajstić information content (AvgIpc) is 3.15. The number of ether oxygens (including phenoxy) is 2. The summed E-state index contributed by atoms with van der Waals surface area (Å²) in [6.45, 7) is 4.48. The SMILES string of the molecule is CCn1cc(S(=O)(=O)N[C@@H](C)c2ccc3c(c2)OCO3)cn1. The summed E-state index contributed by atoms with van der Waals surface area (Å²) in [5.74, 6) is 1.30. The van der Waals surface area contributed by atoms with Crippen molar-refractivity contribution in [3.63, 3.8) is 0 Å². The fourth-order valence-corrected chi connectivity index (χ4v) is 3.39. The van der Waals surface area contributed by atoms with E-state index in [4.69, 9.17) is 9.47 Å². The molecule has 1 aliphatic rings. The number of hydrogen-bond donors (Lipinski definition) is 1. The van der Waals surface area contributed by atoms with Crippen LogP contribution in [-0.2, 0) is 16.6 Å². The van der Waals surface area contributed by atoms with Crippen LogP contribution in [0.5, 0.6) is 11.5 Å². The molecule has 0 unspecified atom stereocenters. The second-order valence-electron chi connectivity index (χ2n) is 4.99. The molecule has 2 aromatic rings. The van der Waals surface area contributed by atoms with Crippen LogP contribution in [-0.4, -0.2) is 25.0 Å². The average molecular weight is 323 g/mol. The molecule has 0 spiro atoms. The van der Waals surface area contributed by atoms with Crippen LogP contribution >= 0.6 is 0 Å². The fraction of sp³-hybridized carbons (Fsp3) is 0.357. The third kappa shape index (κ3) is 2.79. The molecule has 3 rings (SSSR count). The molecular formula is C14H17N3O4S. The second kappa shape index (κ2) is 5.62. The van der Waals surface area contributed by atoms with E-state index in [0.717, 1.165) is 5.56 Å². The van der Waals surface area contributed by atoms with E-state index in [-0.39, 0.29) is 11.7 Å². The Morgan fingerprint density at radius 2 is 2.14 bits per heavy atom. The predicted octanol–water partition coefficient (Wildman–Crippen LogP) is 1.67. The van der Waals surface area contributed by atoms with E-state index in [2.05, 4.69) is 9.82 Å². The lowest BCUT2D eigenvalue weighted by Gasteiger charge is -2.14. The van der Waals surface area contributed by atoms with Gasteiger partial charge in [-0.3, -0.25) is 4.68 Å². The lowest BCUT2D eigenvalue weighted by molar-refractivity contribution is 0.174. The molecule has 0 aliphatic carbocycles. The highest BCUT2D eigenvalue weighted by molar-refractivity contribution is 7.89. The molecule has 0 saturated carbocycles. The van der Waals surface area contributed by atoms with Gasteiger partial charge >= 0.3 is 0 Å². The number of rotatable bonds is 5. The maximum Gasteiger partial charge on any atom is 0.244 e. The van der Waals surface area contributed by atoms with Gasteiger partial charge in [0.25, 0.3) is 0 Å². The van der Waals surface area contributed by atoms with Gasteiger partial charge < -0.3 is 9.47 Å². The Morgan fingerprint density at radius 1 is 1.36 bits per heavy atom. The highest BCUT2D eigenvalue weighted by atomic mass is 32.2. The minimum atomic E-state index is -3.62. The molecule has 2 heterocycles. The zero-order chi connectivity index (χ0) is 15.7. The lowest BCUT2D eigenvalue weighted by Crippen LogP contribution is -2.26. The Morgan fingerprint density at radius 3 is 2.86 bits per heavy atom. The third-order valence-corrected chi connectivity index (χ3v) is 4.97. The first-order chi connectivity index (χ1) is 10.5. The van der Waals surface area contributed by atoms with Crippen LogP contribution in [0.3, 0.4) is 0 Å². The topological polar surface area (TPSA) is 82.5 Å². The quantitative estimate of drug-likeness (QED) is 0.905. The molecule has 22 heavy (non-hydrogen) atoms. The molecule has 0 saturated heterocycles. The summed E-state index contributed by atoms with van der Waals surface area (Å²) in [5, 5.41) is 3.99. The van der Waals surface area contributed by atoms with Gasteiger partial charge in [-0.15, -0.1) is 0 Å². The van der Waals surface area contributed by atoms with E-state index in [9.17, 15) is 8.42 Å². The van der Waals surface area contributed by atoms with Crippen molar-refractivity contribution >= 4 is 10.0 Å². The number of nitrogens with one attached hydrogen (secondary N) is 1. The summed E-state index contributed by atoms with van der Waals surface area (Å²) in [5.41, 5.74) is 0.802. The molecule has 1 aromatic heterocycles. The largest absolute Gasteiger partial charge is 0.454 e. The van der Waals surface area contributed by atoms with E-state index >= 15 is 0 Å². The fourth-order valence-electron chi connectivity index (χ4n) is 2.21. The number of aromatic nitrogens is 2. The number of hydrogen-bond acceptors (Lipinski definition) is 5. The molecule has 0 fully saturated rings. The minimum absolute atomic E-state index is 0.155. The Labute approximate surface area is 128 Å². The van der Waals surface area contributed by atoms with Crippen LogP contribution in [0.1, 0.15) is 25.5 Å². The summed E-state index contributed by atoms with van der Waals surface area (Å²) in [7, 11) is -3.62. The van der Waals surface area contributed by atoms with Gasteiger partial charge in [0.2, 0.25) is 16.8 Å². The van der Waals surface area contributed by atoms with Crippen molar-refractivity contribution in [2.24, 2.45) is 0 Å². The molecule has 1 aliphatic heterocycles. The van der Waals surface area contributed by atoms with Gasteiger partial charge in [-0.05, 0) is 31.5 Å². The molecule has 1 N–H and O–H groups in total. The van der Waals surface area contributed by atoms with Gasteiger partial charge in [0.1, 0.15) is 4.90 Å². The molecule has 0 radical (unpaired) electrons. The van der Waals surface area contributed by atoms with Crippen LogP contribution < -0.4 is 14.2 Å². The van der Waals surface area contributed by atoms with E-state index in [1.807, 2.05) is 13.0 Å². The molecular weight excluding hydrogens is 306 g/mol. The van der Waals surface area contributed by atoms with Crippen LogP contribution in [0.15, 0.2) is 35.5 Å². The normalized spacial score (nSPS) is 15.0. The van der Waals surface area contributed by atoms with Crippen molar-refractivity contribution in [3.05, 3.63) is 36.2 Å². The first-order valence-corrected chi connectivity index (χ1v) is 8.42. The monoisotopic (exact) mass is 323 g/mol. The maximum absolute atomic E-state index is 12.4. The lowest BCUT2D eigenvalue weighted by atomic mass is 10.1. The number of aryl methyl sites for hydroxylation is 1. The standard InChI is InChI=1S/C14H17N3O4S/c1-3-17-8-12(7-15-17)22(18,19)16-10(2)11-4-5-13-14(6-11)21-9-20-13/h4-8,10,16H,3,9H2,1-2H3/t10-/m0/s1. The zero-order valence-corrected chi connectivity index (χ0v) is 13.1. The molecule has 0 amide bonds. The summed E-state index contributed by atoms with van der Waals surface area (Å²) >= 11 is 0. The zero-order valence-electron chi connectivity index (χ0n) is 12.3. The number of sulfonamides is 1. The van der Waals surface area contributed by atoms with Crippen LogP contribution in [0, 0.1) is 0 Å². The molecule has 1 atom stereocenters. The van der Waals surface area contributed by atoms with Crippen molar-refractivity contribution in [1.82, 2.24) is 14.5 Å². The molecule has 0 bridgehead atoms. The smallest absolute Gasteiger partial charge is 0.244 e. The van der Waals surface area contributed by atoms with Gasteiger partial charge in [-0.25, -0.2) is 13.1 Å². The second-order valence-corrected chi connectivity index (χ2v) is 6.70. The predicted molar refractivity (Wildman–Crippen MR) is 79.2 cm³/mol.